The Kier molecular flexibility index (Phi) is 10.0. The third-order valence-corrected chi connectivity index (χ3v) is 1.73. The van der Waals surface area contributed by atoms with E-state index in [1.165, 1.54) is 12.5 Å². The molecule has 0 fully saturated rings. The van der Waals surface area contributed by atoms with Gasteiger partial charge >= 0.3 is 22.4 Å². The van der Waals surface area contributed by atoms with Crippen LogP contribution in [0.15, 0.2) is 12.5 Å². The van der Waals surface area contributed by atoms with E-state index in [9.17, 15) is 14.7 Å². The number of nitrogens with one attached hydrogen (secondary N) is 1. The number of imidazole rings is 1. The normalized spacial score (nSPS) is 10.6. The van der Waals surface area contributed by atoms with Crippen LogP contribution in [0.1, 0.15) is 5.69 Å². The second-order valence-corrected chi connectivity index (χ2v) is 2.86. The first-order valence-corrected chi connectivity index (χ1v) is 4.25. The second kappa shape index (κ2) is 9.20. The van der Waals surface area contributed by atoms with E-state index in [2.05, 4.69) is 15.3 Å². The Morgan fingerprint density at radius 1 is 1.59 bits per heavy atom. The average molecular weight is 443 g/mol. The summed E-state index contributed by atoms with van der Waals surface area (Å²) in [7, 11) is 0. The maximum Gasteiger partial charge on any atom is 3.00 e. The zero-order valence-electron chi connectivity index (χ0n) is 8.52. The van der Waals surface area contributed by atoms with Crippen LogP contribution in [0.4, 0.5) is 0 Å². The minimum absolute atomic E-state index is 0. The molecule has 1 amide bonds. The fourth-order valence-corrected chi connectivity index (χ4v) is 1.02. The molecule has 1 rings (SSSR count). The number of halogens is 1. The molecule has 0 aromatic carbocycles. The van der Waals surface area contributed by atoms with Crippen LogP contribution in [0.25, 0.3) is 0 Å². The van der Waals surface area contributed by atoms with Crippen molar-refractivity contribution in [1.82, 2.24) is 15.3 Å². The van der Waals surface area contributed by atoms with Gasteiger partial charge in [0.2, 0.25) is 5.91 Å². The zero-order chi connectivity index (χ0) is 11.3. The smallest absolute Gasteiger partial charge is 1.00 e. The van der Waals surface area contributed by atoms with Crippen molar-refractivity contribution in [1.29, 1.82) is 0 Å². The van der Waals surface area contributed by atoms with Gasteiger partial charge in [0.25, 0.3) is 0 Å². The summed E-state index contributed by atoms with van der Waals surface area (Å²) in [4.78, 5) is 29.0. The van der Waals surface area contributed by atoms with Crippen molar-refractivity contribution in [3.8, 4) is 0 Å². The molecule has 7 nitrogen and oxygen atoms in total. The average Bonchev–Trinajstić information content (AvgIpc) is 2.69. The van der Waals surface area contributed by atoms with E-state index in [1.54, 1.807) is 0 Å². The summed E-state index contributed by atoms with van der Waals surface area (Å²) < 4.78 is 0. The van der Waals surface area contributed by atoms with Crippen LogP contribution < -0.4 is 33.5 Å². The summed E-state index contributed by atoms with van der Waals surface area (Å²) in [5.74, 6) is -1.93. The topological polar surface area (TPSA) is 122 Å². The molecule has 0 spiro atoms. The molecule has 0 aliphatic rings. The fourth-order valence-electron chi connectivity index (χ4n) is 1.02. The van der Waals surface area contributed by atoms with Gasteiger partial charge in [0, 0.05) is 0 Å². The number of carbonyl (C=O) groups excluding carboxylic acids is 2. The Bertz CT molecular complexity index is 347. The van der Waals surface area contributed by atoms with Crippen molar-refractivity contribution in [3.05, 3.63) is 18.2 Å². The van der Waals surface area contributed by atoms with Gasteiger partial charge in [-0.2, -0.15) is 0 Å². The summed E-state index contributed by atoms with van der Waals surface area (Å²) in [5, 5.41) is 12.9. The van der Waals surface area contributed by atoms with Gasteiger partial charge < -0.3 is 43.3 Å². The first-order chi connectivity index (χ1) is 7.13. The van der Waals surface area contributed by atoms with Crippen molar-refractivity contribution >= 4 is 11.9 Å². The summed E-state index contributed by atoms with van der Waals surface area (Å²) in [5.41, 5.74) is 5.51. The number of carboxylic acids is 1. The number of amides is 1. The van der Waals surface area contributed by atoms with Gasteiger partial charge in [0.1, 0.15) is 0 Å². The van der Waals surface area contributed by atoms with Crippen LogP contribution in [0.3, 0.4) is 0 Å². The van der Waals surface area contributed by atoms with Gasteiger partial charge in [-0.25, -0.2) is 0 Å². The number of hydrogen-bond acceptors (Lipinski definition) is 5. The molecule has 3 N–H and O–H groups in total. The van der Waals surface area contributed by atoms with Gasteiger partial charge in [-0.3, -0.25) is 4.79 Å². The third kappa shape index (κ3) is 6.44. The molecule has 98 valence electrons. The molecule has 0 saturated heterocycles. The molecule has 0 saturated carbocycles. The Morgan fingerprint density at radius 2 is 2.24 bits per heavy atom. The van der Waals surface area contributed by atoms with Crippen LogP contribution in [-0.4, -0.2) is 29.4 Å². The number of carbonyl (C=O) groups is 2. The van der Waals surface area contributed by atoms with Crippen molar-refractivity contribution in [3.63, 3.8) is 0 Å². The van der Waals surface area contributed by atoms with Gasteiger partial charge in [0.15, 0.2) is 0 Å². The monoisotopic (exact) mass is 442 g/mol. The number of nitrogens with two attached hydrogens (primary N) is 1. The van der Waals surface area contributed by atoms with E-state index in [1.807, 2.05) is 0 Å². The maximum absolute atomic E-state index is 10.9. The number of rotatable bonds is 5. The fraction of sp³-hybridized carbons (Fsp3) is 0.375. The van der Waals surface area contributed by atoms with Crippen molar-refractivity contribution < 1.29 is 49.5 Å². The number of hydrogen-bond donors (Lipinski definition) is 2. The molecule has 1 heterocycles. The molecule has 0 aliphatic heterocycles. The second-order valence-electron chi connectivity index (χ2n) is 2.86. The molecule has 0 radical (unpaired) electrons. The number of nitrogens with zero attached hydrogens (tertiary/aromatic N) is 2. The van der Waals surface area contributed by atoms with E-state index >= 15 is 0 Å². The molecule has 9 heteroatoms. The van der Waals surface area contributed by atoms with E-state index in [0.29, 0.717) is 5.69 Å². The Morgan fingerprint density at radius 3 is 2.65 bits per heavy atom. The standard InChI is InChI=1S/C8H12N4O3.Au.ClH/c9-2-7(13)12-6(8(14)15)1-5-3-10-4-11-5;;/h3-4,6H,1-2,9H2,(H3,10,11,12,13,14,15);;1H/q;+3;/p-3. The van der Waals surface area contributed by atoms with Crippen LogP contribution in [0, 0.1) is 0 Å². The van der Waals surface area contributed by atoms with E-state index < -0.39 is 17.9 Å². The van der Waals surface area contributed by atoms with Crippen LogP contribution >= 0.6 is 0 Å². The number of aliphatic carboxylic acids is 1. The third-order valence-electron chi connectivity index (χ3n) is 1.73. The van der Waals surface area contributed by atoms with Gasteiger partial charge in [-0.05, 0) is 6.42 Å². The predicted molar refractivity (Wildman–Crippen MR) is 47.3 cm³/mol. The van der Waals surface area contributed by atoms with Crippen molar-refractivity contribution in [2.45, 2.75) is 12.5 Å². The van der Waals surface area contributed by atoms with E-state index in [4.69, 9.17) is 5.73 Å². The van der Waals surface area contributed by atoms with Crippen molar-refractivity contribution in [2.75, 3.05) is 6.54 Å². The zero-order valence-corrected chi connectivity index (χ0v) is 11.4. The maximum atomic E-state index is 10.9. The van der Waals surface area contributed by atoms with Gasteiger partial charge in [-0.1, -0.05) is 18.2 Å². The Labute approximate surface area is 119 Å². The molecule has 0 bridgehead atoms. The Hall–Kier alpha value is -0.860. The summed E-state index contributed by atoms with van der Waals surface area (Å²) >= 11 is 0. The minimum atomic E-state index is -1.38. The molecule has 1 aromatic heterocycles. The number of carboxylic acid groups (broad SMARTS) is 1. The number of aromatic nitrogens is 2. The molecular formula is C8H10AuClN4O3. The van der Waals surface area contributed by atoms with E-state index in [0.717, 1.165) is 0 Å². The van der Waals surface area contributed by atoms with Gasteiger partial charge in [0.05, 0.1) is 18.6 Å². The first-order valence-electron chi connectivity index (χ1n) is 4.25. The van der Waals surface area contributed by atoms with Crippen molar-refractivity contribution in [2.24, 2.45) is 5.73 Å². The van der Waals surface area contributed by atoms with Crippen LogP contribution in [-0.2, 0) is 38.4 Å². The summed E-state index contributed by atoms with van der Waals surface area (Å²) in [6.45, 7) is -0.267. The quantitative estimate of drug-likeness (QED) is 0.438. The SMILES string of the molecule is NCC(=O)NC(Cc1c[n-]cn1)C(=O)[O-].[Au+3].[Cl-]. The molecule has 1 unspecified atom stereocenters. The Balaban J connectivity index is 0. The van der Waals surface area contributed by atoms with Crippen LogP contribution in [0.2, 0.25) is 0 Å². The minimum Gasteiger partial charge on any atom is -1.00 e. The largest absolute Gasteiger partial charge is 3.00 e. The molecule has 0 aliphatic carbocycles. The summed E-state index contributed by atoms with van der Waals surface area (Å²) in [6, 6.07) is -1.13. The summed E-state index contributed by atoms with van der Waals surface area (Å²) in [6.07, 6.45) is 2.76. The molecule has 1 atom stereocenters. The predicted octanol–water partition coefficient (Wildman–Crippen LogP) is -6.22. The first kappa shape index (κ1) is 18.5. The molecular weight excluding hydrogens is 433 g/mol. The molecule has 17 heavy (non-hydrogen) atoms. The van der Waals surface area contributed by atoms with Crippen LogP contribution in [0.5, 0.6) is 0 Å². The van der Waals surface area contributed by atoms with E-state index in [-0.39, 0.29) is 47.8 Å². The van der Waals surface area contributed by atoms with Gasteiger partial charge in [-0.15, -0.1) is 0 Å². The molecule has 1 aromatic rings.